The van der Waals surface area contributed by atoms with Gasteiger partial charge in [-0.3, -0.25) is 9.59 Å². The van der Waals surface area contributed by atoms with Gasteiger partial charge in [-0.2, -0.15) is 0 Å². The highest BCUT2D eigenvalue weighted by Gasteiger charge is 2.46. The number of carbonyl (C=O) groups excluding carboxylic acids is 1. The number of hydrogen-bond donors (Lipinski definition) is 1. The summed E-state index contributed by atoms with van der Waals surface area (Å²) < 4.78 is 0. The first-order chi connectivity index (χ1) is 8.93. The van der Waals surface area contributed by atoms with Crippen LogP contribution in [0.2, 0.25) is 0 Å². The van der Waals surface area contributed by atoms with Crippen molar-refractivity contribution in [1.82, 2.24) is 4.90 Å². The summed E-state index contributed by atoms with van der Waals surface area (Å²) in [5.41, 5.74) is -0.137. The van der Waals surface area contributed by atoms with Gasteiger partial charge in [0.15, 0.2) is 0 Å². The van der Waals surface area contributed by atoms with Crippen LogP contribution in [0.1, 0.15) is 52.4 Å². The summed E-state index contributed by atoms with van der Waals surface area (Å²) in [5.74, 6) is 0.243. The van der Waals surface area contributed by atoms with Gasteiger partial charge in [0.25, 0.3) is 0 Å². The second-order valence-corrected chi connectivity index (χ2v) is 6.76. The molecule has 1 amide bonds. The van der Waals surface area contributed by atoms with Crippen molar-refractivity contribution < 1.29 is 14.7 Å². The number of rotatable bonds is 5. The van der Waals surface area contributed by atoms with Gasteiger partial charge >= 0.3 is 5.97 Å². The Balaban J connectivity index is 1.93. The van der Waals surface area contributed by atoms with E-state index in [0.29, 0.717) is 24.9 Å². The van der Waals surface area contributed by atoms with Gasteiger partial charge in [0.1, 0.15) is 0 Å². The first kappa shape index (κ1) is 14.4. The summed E-state index contributed by atoms with van der Waals surface area (Å²) >= 11 is 0. The Kier molecular flexibility index (Phi) is 4.16. The van der Waals surface area contributed by atoms with E-state index >= 15 is 0 Å². The van der Waals surface area contributed by atoms with E-state index in [1.54, 1.807) is 0 Å². The van der Waals surface area contributed by atoms with Crippen LogP contribution in [0.3, 0.4) is 0 Å². The molecule has 2 aliphatic rings. The molecule has 1 saturated heterocycles. The highest BCUT2D eigenvalue weighted by molar-refractivity contribution is 5.84. The third kappa shape index (κ3) is 3.10. The molecule has 0 radical (unpaired) electrons. The Labute approximate surface area is 115 Å². The van der Waals surface area contributed by atoms with Crippen LogP contribution < -0.4 is 0 Å². The maximum Gasteiger partial charge on any atom is 0.303 e. The average molecular weight is 267 g/mol. The molecular formula is C15H25NO3. The van der Waals surface area contributed by atoms with E-state index in [2.05, 4.69) is 13.8 Å². The highest BCUT2D eigenvalue weighted by atomic mass is 16.4. The molecule has 1 aliphatic heterocycles. The van der Waals surface area contributed by atoms with Crippen LogP contribution in [0.5, 0.6) is 0 Å². The summed E-state index contributed by atoms with van der Waals surface area (Å²) in [6.07, 6.45) is 5.52. The second kappa shape index (κ2) is 5.51. The number of carboxylic acids is 1. The van der Waals surface area contributed by atoms with Crippen molar-refractivity contribution in [3.63, 3.8) is 0 Å². The fraction of sp³-hybridized carbons (Fsp3) is 0.867. The van der Waals surface area contributed by atoms with E-state index in [4.69, 9.17) is 5.11 Å². The van der Waals surface area contributed by atoms with E-state index < -0.39 is 5.97 Å². The lowest BCUT2D eigenvalue weighted by molar-refractivity contribution is -0.153. The molecule has 4 nitrogen and oxygen atoms in total. The van der Waals surface area contributed by atoms with Gasteiger partial charge in [0, 0.05) is 24.4 Å². The molecular weight excluding hydrogens is 242 g/mol. The van der Waals surface area contributed by atoms with E-state index in [1.165, 1.54) is 0 Å². The van der Waals surface area contributed by atoms with Gasteiger partial charge in [-0.15, -0.1) is 0 Å². The van der Waals surface area contributed by atoms with E-state index in [-0.39, 0.29) is 17.8 Å². The molecule has 0 aromatic carbocycles. The maximum absolute atomic E-state index is 12.7. The largest absolute Gasteiger partial charge is 0.481 e. The van der Waals surface area contributed by atoms with Gasteiger partial charge in [-0.05, 0) is 25.2 Å². The Bertz CT molecular complexity index is 352. The van der Waals surface area contributed by atoms with Crippen LogP contribution in [0.15, 0.2) is 0 Å². The minimum atomic E-state index is -0.755. The first-order valence-corrected chi connectivity index (χ1v) is 7.44. The second-order valence-electron chi connectivity index (χ2n) is 6.76. The zero-order valence-corrected chi connectivity index (χ0v) is 12.0. The number of nitrogens with zero attached hydrogens (tertiary/aromatic N) is 1. The van der Waals surface area contributed by atoms with E-state index in [9.17, 15) is 9.59 Å². The Hall–Kier alpha value is -1.06. The monoisotopic (exact) mass is 267 g/mol. The fourth-order valence-corrected chi connectivity index (χ4v) is 3.79. The third-order valence-corrected chi connectivity index (χ3v) is 4.52. The molecule has 19 heavy (non-hydrogen) atoms. The molecule has 1 aliphatic carbocycles. The van der Waals surface area contributed by atoms with Crippen molar-refractivity contribution in [2.45, 2.75) is 52.4 Å². The summed E-state index contributed by atoms with van der Waals surface area (Å²) in [5, 5.41) is 8.75. The summed E-state index contributed by atoms with van der Waals surface area (Å²) in [7, 11) is 0. The maximum atomic E-state index is 12.7. The number of aliphatic carboxylic acids is 1. The molecule has 0 bridgehead atoms. The minimum Gasteiger partial charge on any atom is -0.481 e. The van der Waals surface area contributed by atoms with Crippen LogP contribution in [0.25, 0.3) is 0 Å². The van der Waals surface area contributed by atoms with Crippen molar-refractivity contribution in [1.29, 1.82) is 0 Å². The summed E-state index contributed by atoms with van der Waals surface area (Å²) in [4.78, 5) is 25.2. The molecule has 1 heterocycles. The van der Waals surface area contributed by atoms with Gasteiger partial charge < -0.3 is 10.0 Å². The lowest BCUT2D eigenvalue weighted by Crippen LogP contribution is -2.55. The predicted octanol–water partition coefficient (Wildman–Crippen LogP) is 2.53. The Morgan fingerprint density at radius 1 is 1.26 bits per heavy atom. The van der Waals surface area contributed by atoms with Gasteiger partial charge in [-0.1, -0.05) is 26.7 Å². The van der Waals surface area contributed by atoms with Crippen LogP contribution >= 0.6 is 0 Å². The zero-order valence-electron chi connectivity index (χ0n) is 12.0. The zero-order chi connectivity index (χ0) is 14.0. The van der Waals surface area contributed by atoms with Crippen LogP contribution in [-0.4, -0.2) is 35.0 Å². The molecule has 0 spiro atoms. The lowest BCUT2D eigenvalue weighted by atomic mass is 9.76. The number of likely N-dealkylation sites (tertiary alicyclic amines) is 1. The van der Waals surface area contributed by atoms with Crippen molar-refractivity contribution in [2.24, 2.45) is 17.3 Å². The number of amides is 1. The smallest absolute Gasteiger partial charge is 0.303 e. The van der Waals surface area contributed by atoms with Crippen molar-refractivity contribution in [3.8, 4) is 0 Å². The molecule has 2 rings (SSSR count). The topological polar surface area (TPSA) is 57.6 Å². The molecule has 0 aromatic rings. The van der Waals surface area contributed by atoms with Crippen molar-refractivity contribution in [2.75, 3.05) is 13.1 Å². The normalized spacial score (nSPS) is 22.6. The summed E-state index contributed by atoms with van der Waals surface area (Å²) in [6, 6.07) is 0. The average Bonchev–Trinajstić information content (AvgIpc) is 2.70. The van der Waals surface area contributed by atoms with Gasteiger partial charge in [0.2, 0.25) is 5.91 Å². The molecule has 108 valence electrons. The molecule has 4 heteroatoms. The number of carboxylic acid groups (broad SMARTS) is 1. The Morgan fingerprint density at radius 2 is 1.84 bits per heavy atom. The SMILES string of the molecule is CC(C)CC1(C(=O)N2CC(CC(=O)O)C2)CCCC1. The van der Waals surface area contributed by atoms with E-state index in [0.717, 1.165) is 32.1 Å². The molecule has 0 aromatic heterocycles. The Morgan fingerprint density at radius 3 is 2.32 bits per heavy atom. The predicted molar refractivity (Wildman–Crippen MR) is 72.7 cm³/mol. The number of carbonyl (C=O) groups is 2. The quantitative estimate of drug-likeness (QED) is 0.832. The molecule has 1 N–H and O–H groups in total. The first-order valence-electron chi connectivity index (χ1n) is 7.44. The van der Waals surface area contributed by atoms with Gasteiger partial charge in [-0.25, -0.2) is 0 Å². The summed E-state index contributed by atoms with van der Waals surface area (Å²) in [6.45, 7) is 5.64. The number of hydrogen-bond acceptors (Lipinski definition) is 2. The molecule has 0 atom stereocenters. The van der Waals surface area contributed by atoms with Crippen molar-refractivity contribution >= 4 is 11.9 Å². The molecule has 0 unspecified atom stereocenters. The van der Waals surface area contributed by atoms with Crippen LogP contribution in [0, 0.1) is 17.3 Å². The standard InChI is InChI=1S/C15H25NO3/c1-11(2)8-15(5-3-4-6-15)14(19)16-9-12(10-16)7-13(17)18/h11-12H,3-10H2,1-2H3,(H,17,18). The van der Waals surface area contributed by atoms with Gasteiger partial charge in [0.05, 0.1) is 6.42 Å². The molecule has 1 saturated carbocycles. The fourth-order valence-electron chi connectivity index (χ4n) is 3.79. The van der Waals surface area contributed by atoms with E-state index in [1.807, 2.05) is 4.90 Å². The third-order valence-electron chi connectivity index (χ3n) is 4.52. The molecule has 2 fully saturated rings. The lowest BCUT2D eigenvalue weighted by Gasteiger charge is -2.44. The minimum absolute atomic E-state index is 0.137. The highest BCUT2D eigenvalue weighted by Crippen LogP contribution is 2.45. The van der Waals surface area contributed by atoms with Crippen LogP contribution in [0.4, 0.5) is 0 Å². The van der Waals surface area contributed by atoms with Crippen LogP contribution in [-0.2, 0) is 9.59 Å². The van der Waals surface area contributed by atoms with Crippen molar-refractivity contribution in [3.05, 3.63) is 0 Å².